The van der Waals surface area contributed by atoms with Crippen molar-refractivity contribution in [2.45, 2.75) is 19.0 Å². The number of sulfone groups is 1. The zero-order valence-corrected chi connectivity index (χ0v) is 19.9. The molecule has 0 aliphatic carbocycles. The fourth-order valence-corrected chi connectivity index (χ4v) is 6.44. The van der Waals surface area contributed by atoms with Crippen LogP contribution in [0.4, 0.5) is 0 Å². The second-order valence-corrected chi connectivity index (χ2v) is 11.3. The van der Waals surface area contributed by atoms with Crippen LogP contribution in [0.25, 0.3) is 0 Å². The summed E-state index contributed by atoms with van der Waals surface area (Å²) in [6.45, 7) is 6.51. The summed E-state index contributed by atoms with van der Waals surface area (Å²) in [5.74, 6) is 0.299. The summed E-state index contributed by atoms with van der Waals surface area (Å²) in [7, 11) is -3.09. The van der Waals surface area contributed by atoms with Crippen molar-refractivity contribution in [3.8, 4) is 0 Å². The van der Waals surface area contributed by atoms with Gasteiger partial charge in [-0.25, -0.2) is 8.42 Å². The summed E-state index contributed by atoms with van der Waals surface area (Å²) in [5, 5.41) is 0. The van der Waals surface area contributed by atoms with Crippen LogP contribution in [0.5, 0.6) is 0 Å². The fourth-order valence-electron chi connectivity index (χ4n) is 4.71. The Labute approximate surface area is 196 Å². The molecule has 0 radical (unpaired) electrons. The summed E-state index contributed by atoms with van der Waals surface area (Å²) < 4.78 is 29.4. The molecule has 1 aromatic rings. The molecule has 0 spiro atoms. The number of rotatable bonds is 7. The number of carbonyl (C=O) groups is 2. The number of carbonyl (C=O) groups excluding carboxylic acids is 2. The van der Waals surface area contributed by atoms with Crippen LogP contribution < -0.4 is 0 Å². The normalized spacial score (nSPS) is 24.0. The zero-order valence-electron chi connectivity index (χ0n) is 19.1. The maximum absolute atomic E-state index is 13.3. The van der Waals surface area contributed by atoms with Gasteiger partial charge in [-0.3, -0.25) is 19.4 Å². The first-order chi connectivity index (χ1) is 15.9. The molecule has 3 aliphatic rings. The highest BCUT2D eigenvalue weighted by Crippen LogP contribution is 2.21. The first-order valence-corrected chi connectivity index (χ1v) is 13.6. The molecule has 182 valence electrons. The van der Waals surface area contributed by atoms with E-state index in [1.807, 2.05) is 35.2 Å². The molecule has 33 heavy (non-hydrogen) atoms. The first kappa shape index (κ1) is 24.1. The molecule has 3 saturated heterocycles. The van der Waals surface area contributed by atoms with Crippen molar-refractivity contribution in [1.29, 1.82) is 0 Å². The predicted molar refractivity (Wildman–Crippen MR) is 124 cm³/mol. The Hall–Kier alpha value is -2.01. The summed E-state index contributed by atoms with van der Waals surface area (Å²) in [6.07, 6.45) is 0.498. The minimum absolute atomic E-state index is 0.0289. The molecule has 10 heteroatoms. The van der Waals surface area contributed by atoms with Crippen LogP contribution in [-0.2, 0) is 30.7 Å². The van der Waals surface area contributed by atoms with Gasteiger partial charge in [-0.15, -0.1) is 0 Å². The Morgan fingerprint density at radius 3 is 2.18 bits per heavy atom. The van der Waals surface area contributed by atoms with E-state index in [1.54, 1.807) is 4.90 Å². The Bertz CT molecular complexity index is 912. The van der Waals surface area contributed by atoms with Gasteiger partial charge in [0.05, 0.1) is 37.8 Å². The van der Waals surface area contributed by atoms with Gasteiger partial charge >= 0.3 is 0 Å². The van der Waals surface area contributed by atoms with Gasteiger partial charge in [-0.1, -0.05) is 30.3 Å². The van der Waals surface area contributed by atoms with Gasteiger partial charge in [0.2, 0.25) is 11.8 Å². The standard InChI is InChI=1S/C23H34N4O5S/c28-22(26-11-13-32-14-12-26)17-24-7-9-25(10-8-24)18-23(29)27(16-20-4-2-1-3-5-20)21-6-15-33(30,31)19-21/h1-5,21H,6-19H2. The van der Waals surface area contributed by atoms with E-state index < -0.39 is 9.84 Å². The maximum atomic E-state index is 13.3. The Morgan fingerprint density at radius 1 is 0.939 bits per heavy atom. The Kier molecular flexibility index (Phi) is 8.00. The van der Waals surface area contributed by atoms with Gasteiger partial charge < -0.3 is 14.5 Å². The van der Waals surface area contributed by atoms with Crippen molar-refractivity contribution in [3.63, 3.8) is 0 Å². The van der Waals surface area contributed by atoms with Gasteiger partial charge in [-0.2, -0.15) is 0 Å². The monoisotopic (exact) mass is 478 g/mol. The SMILES string of the molecule is O=C(CN1CCN(CC(=O)N(Cc2ccccc2)C2CCS(=O)(=O)C2)CC1)N1CCOCC1. The topological polar surface area (TPSA) is 90.5 Å². The number of piperazine rings is 1. The second-order valence-electron chi connectivity index (χ2n) is 9.11. The Morgan fingerprint density at radius 2 is 1.58 bits per heavy atom. The molecule has 0 N–H and O–H groups in total. The molecule has 3 fully saturated rings. The highest BCUT2D eigenvalue weighted by molar-refractivity contribution is 7.91. The van der Waals surface area contributed by atoms with E-state index in [4.69, 9.17) is 4.74 Å². The van der Waals surface area contributed by atoms with Crippen LogP contribution in [0.3, 0.4) is 0 Å². The minimum Gasteiger partial charge on any atom is -0.378 e. The lowest BCUT2D eigenvalue weighted by molar-refractivity contribution is -0.138. The van der Waals surface area contributed by atoms with Crippen molar-refractivity contribution in [1.82, 2.24) is 19.6 Å². The third-order valence-corrected chi connectivity index (χ3v) is 8.46. The summed E-state index contributed by atoms with van der Waals surface area (Å²) in [6, 6.07) is 9.46. The third-order valence-electron chi connectivity index (χ3n) is 6.71. The lowest BCUT2D eigenvalue weighted by Gasteiger charge is -2.37. The molecule has 1 aromatic carbocycles. The number of ether oxygens (including phenoxy) is 1. The molecule has 0 bridgehead atoms. The van der Waals surface area contributed by atoms with E-state index in [-0.39, 0.29) is 35.9 Å². The molecule has 1 atom stereocenters. The number of hydrogen-bond acceptors (Lipinski definition) is 7. The van der Waals surface area contributed by atoms with E-state index in [9.17, 15) is 18.0 Å². The highest BCUT2D eigenvalue weighted by atomic mass is 32.2. The second kappa shape index (κ2) is 10.9. The number of amides is 2. The van der Waals surface area contributed by atoms with Crippen LogP contribution in [-0.4, -0.2) is 123 Å². The van der Waals surface area contributed by atoms with E-state index in [0.29, 0.717) is 58.9 Å². The molecular weight excluding hydrogens is 444 g/mol. The largest absolute Gasteiger partial charge is 0.378 e. The maximum Gasteiger partial charge on any atom is 0.237 e. The average molecular weight is 479 g/mol. The summed E-state index contributed by atoms with van der Waals surface area (Å²) in [5.41, 5.74) is 1.00. The zero-order chi connectivity index (χ0) is 23.3. The minimum atomic E-state index is -3.09. The lowest BCUT2D eigenvalue weighted by Crippen LogP contribution is -2.54. The quantitative estimate of drug-likeness (QED) is 0.531. The number of benzene rings is 1. The fraction of sp³-hybridized carbons (Fsp3) is 0.652. The molecule has 2 amide bonds. The van der Waals surface area contributed by atoms with Gasteiger partial charge in [0.1, 0.15) is 0 Å². The molecule has 0 saturated carbocycles. The van der Waals surface area contributed by atoms with E-state index in [0.717, 1.165) is 18.7 Å². The summed E-state index contributed by atoms with van der Waals surface area (Å²) >= 11 is 0. The Balaban J connectivity index is 1.30. The molecule has 3 heterocycles. The van der Waals surface area contributed by atoms with Crippen LogP contribution >= 0.6 is 0 Å². The molecule has 3 aliphatic heterocycles. The molecule has 1 unspecified atom stereocenters. The van der Waals surface area contributed by atoms with E-state index in [1.165, 1.54) is 0 Å². The van der Waals surface area contributed by atoms with Crippen LogP contribution in [0.1, 0.15) is 12.0 Å². The van der Waals surface area contributed by atoms with Crippen LogP contribution in [0.2, 0.25) is 0 Å². The molecular formula is C23H34N4O5S. The van der Waals surface area contributed by atoms with Gasteiger partial charge in [-0.05, 0) is 12.0 Å². The van der Waals surface area contributed by atoms with Crippen molar-refractivity contribution in [3.05, 3.63) is 35.9 Å². The van der Waals surface area contributed by atoms with Gasteiger partial charge in [0.25, 0.3) is 0 Å². The molecule has 9 nitrogen and oxygen atoms in total. The number of nitrogens with zero attached hydrogens (tertiary/aromatic N) is 4. The third kappa shape index (κ3) is 6.75. The summed E-state index contributed by atoms with van der Waals surface area (Å²) in [4.78, 5) is 33.6. The molecule has 4 rings (SSSR count). The number of hydrogen-bond donors (Lipinski definition) is 0. The highest BCUT2D eigenvalue weighted by Gasteiger charge is 2.35. The van der Waals surface area contributed by atoms with Gasteiger partial charge in [0, 0.05) is 51.9 Å². The average Bonchev–Trinajstić information content (AvgIpc) is 3.19. The predicted octanol–water partition coefficient (Wildman–Crippen LogP) is -0.321. The van der Waals surface area contributed by atoms with Gasteiger partial charge in [0.15, 0.2) is 9.84 Å². The molecule has 0 aromatic heterocycles. The van der Waals surface area contributed by atoms with Crippen LogP contribution in [0, 0.1) is 0 Å². The van der Waals surface area contributed by atoms with Crippen LogP contribution in [0.15, 0.2) is 30.3 Å². The van der Waals surface area contributed by atoms with Crippen molar-refractivity contribution >= 4 is 21.7 Å². The first-order valence-electron chi connectivity index (χ1n) is 11.7. The van der Waals surface area contributed by atoms with Crippen molar-refractivity contribution in [2.24, 2.45) is 0 Å². The van der Waals surface area contributed by atoms with E-state index >= 15 is 0 Å². The number of morpholine rings is 1. The van der Waals surface area contributed by atoms with E-state index in [2.05, 4.69) is 9.80 Å². The smallest absolute Gasteiger partial charge is 0.237 e. The van der Waals surface area contributed by atoms with Crippen molar-refractivity contribution in [2.75, 3.05) is 77.1 Å². The van der Waals surface area contributed by atoms with Crippen molar-refractivity contribution < 1.29 is 22.7 Å². The lowest BCUT2D eigenvalue weighted by atomic mass is 10.1.